The fraction of sp³-hybridized carbons (Fsp3) is 0.727. The number of nitrogens with one attached hydrogen (secondary N) is 1. The molecule has 1 N–H and O–H groups in total. The highest BCUT2D eigenvalue weighted by molar-refractivity contribution is 5.89. The number of amides is 1. The Hall–Kier alpha value is -1.47. The molecule has 1 saturated heterocycles. The van der Waals surface area contributed by atoms with Gasteiger partial charge in [0.1, 0.15) is 0 Å². The zero-order chi connectivity index (χ0) is 13.0. The van der Waals surface area contributed by atoms with Crippen LogP contribution in [0.25, 0.3) is 0 Å². The number of aromatic nitrogens is 2. The number of carbonyl (C=O) groups excluding carboxylic acids is 1. The van der Waals surface area contributed by atoms with Gasteiger partial charge in [0.05, 0.1) is 13.2 Å². The quantitative estimate of drug-likeness (QED) is 0.790. The summed E-state index contributed by atoms with van der Waals surface area (Å²) in [5.41, 5.74) is 0. The first-order valence-electron chi connectivity index (χ1n) is 5.99. The van der Waals surface area contributed by atoms with Crippen molar-refractivity contribution in [1.82, 2.24) is 20.4 Å². The van der Waals surface area contributed by atoms with Crippen LogP contribution in [-0.4, -0.2) is 54.8 Å². The van der Waals surface area contributed by atoms with Gasteiger partial charge in [-0.1, -0.05) is 5.16 Å². The maximum Gasteiger partial charge on any atom is 0.292 e. The zero-order valence-corrected chi connectivity index (χ0v) is 10.7. The van der Waals surface area contributed by atoms with Gasteiger partial charge in [-0.3, -0.25) is 9.69 Å². The van der Waals surface area contributed by atoms with Crippen LogP contribution in [0.3, 0.4) is 0 Å². The Balaban J connectivity index is 1.87. The molecule has 1 aromatic heterocycles. The summed E-state index contributed by atoms with van der Waals surface area (Å²) in [6.45, 7) is 3.32. The van der Waals surface area contributed by atoms with Crippen molar-refractivity contribution in [3.05, 3.63) is 11.7 Å². The lowest BCUT2D eigenvalue weighted by Gasteiger charge is -2.12. The van der Waals surface area contributed by atoms with E-state index >= 15 is 0 Å². The van der Waals surface area contributed by atoms with E-state index in [1.807, 2.05) is 0 Å². The first-order valence-corrected chi connectivity index (χ1v) is 5.99. The van der Waals surface area contributed by atoms with Crippen LogP contribution >= 0.6 is 0 Å². The van der Waals surface area contributed by atoms with E-state index < -0.39 is 0 Å². The van der Waals surface area contributed by atoms with Crippen molar-refractivity contribution in [2.75, 3.05) is 33.9 Å². The fourth-order valence-electron chi connectivity index (χ4n) is 2.14. The third-order valence-electron chi connectivity index (χ3n) is 3.03. The number of rotatable bonds is 5. The molecule has 100 valence electrons. The van der Waals surface area contributed by atoms with E-state index in [2.05, 4.69) is 20.4 Å². The van der Waals surface area contributed by atoms with Gasteiger partial charge < -0.3 is 14.6 Å². The van der Waals surface area contributed by atoms with Gasteiger partial charge in [-0.2, -0.15) is 4.98 Å². The van der Waals surface area contributed by atoms with Gasteiger partial charge >= 0.3 is 0 Å². The fourth-order valence-corrected chi connectivity index (χ4v) is 2.14. The summed E-state index contributed by atoms with van der Waals surface area (Å²) in [5.74, 6) is 0.798. The molecular formula is C11H18N4O3. The number of ether oxygens (including phenoxy) is 1. The van der Waals surface area contributed by atoms with Crippen molar-refractivity contribution in [2.45, 2.75) is 13.0 Å². The predicted octanol–water partition coefficient (Wildman–Crippen LogP) is -0.102. The summed E-state index contributed by atoms with van der Waals surface area (Å²) in [7, 11) is 3.25. The molecule has 0 bridgehead atoms. The first kappa shape index (κ1) is 13.0. The number of nitrogens with zero attached hydrogens (tertiary/aromatic N) is 3. The van der Waals surface area contributed by atoms with Crippen LogP contribution in [0.2, 0.25) is 0 Å². The molecule has 0 aromatic carbocycles. The first-order chi connectivity index (χ1) is 8.72. The molecule has 1 aromatic rings. The maximum absolute atomic E-state index is 11.3. The average molecular weight is 254 g/mol. The van der Waals surface area contributed by atoms with Crippen LogP contribution in [0.15, 0.2) is 4.52 Å². The molecule has 0 saturated carbocycles. The largest absolute Gasteiger partial charge is 0.384 e. The highest BCUT2D eigenvalue weighted by Crippen LogP contribution is 2.18. The smallest absolute Gasteiger partial charge is 0.292 e. The van der Waals surface area contributed by atoms with Crippen LogP contribution in [0.5, 0.6) is 0 Å². The Morgan fingerprint density at radius 1 is 1.67 bits per heavy atom. The van der Waals surface area contributed by atoms with Gasteiger partial charge in [-0.25, -0.2) is 0 Å². The van der Waals surface area contributed by atoms with E-state index in [4.69, 9.17) is 9.26 Å². The maximum atomic E-state index is 11.3. The molecule has 2 rings (SSSR count). The van der Waals surface area contributed by atoms with E-state index in [9.17, 15) is 4.79 Å². The van der Waals surface area contributed by atoms with Crippen LogP contribution < -0.4 is 5.32 Å². The van der Waals surface area contributed by atoms with Crippen LogP contribution in [0, 0.1) is 5.92 Å². The Kier molecular flexibility index (Phi) is 4.27. The van der Waals surface area contributed by atoms with E-state index in [-0.39, 0.29) is 11.7 Å². The molecular weight excluding hydrogens is 236 g/mol. The molecule has 18 heavy (non-hydrogen) atoms. The highest BCUT2D eigenvalue weighted by atomic mass is 16.5. The minimum Gasteiger partial charge on any atom is -0.384 e. The van der Waals surface area contributed by atoms with Crippen molar-refractivity contribution < 1.29 is 14.1 Å². The third-order valence-corrected chi connectivity index (χ3v) is 3.03. The second-order valence-corrected chi connectivity index (χ2v) is 4.44. The standard InChI is InChI=1S/C11H18N4O3/c1-12-11(16)10-13-9(18-14-10)6-15-4-3-8(5-15)7-17-2/h8H,3-7H2,1-2H3,(H,12,16). The molecule has 1 fully saturated rings. The summed E-state index contributed by atoms with van der Waals surface area (Å²) >= 11 is 0. The molecule has 1 aliphatic rings. The van der Waals surface area contributed by atoms with Gasteiger partial charge in [0.25, 0.3) is 11.7 Å². The van der Waals surface area contributed by atoms with Crippen molar-refractivity contribution in [1.29, 1.82) is 0 Å². The number of likely N-dealkylation sites (tertiary alicyclic amines) is 1. The molecule has 0 radical (unpaired) electrons. The molecule has 1 amide bonds. The van der Waals surface area contributed by atoms with Gasteiger partial charge in [-0.05, 0) is 18.9 Å². The topological polar surface area (TPSA) is 80.5 Å². The van der Waals surface area contributed by atoms with E-state index in [1.54, 1.807) is 7.11 Å². The van der Waals surface area contributed by atoms with Crippen LogP contribution in [0.1, 0.15) is 22.9 Å². The van der Waals surface area contributed by atoms with Crippen molar-refractivity contribution in [3.8, 4) is 0 Å². The van der Waals surface area contributed by atoms with E-state index in [1.165, 1.54) is 7.05 Å². The van der Waals surface area contributed by atoms with Gasteiger partial charge in [0.15, 0.2) is 0 Å². The van der Waals surface area contributed by atoms with Gasteiger partial charge in [-0.15, -0.1) is 0 Å². The lowest BCUT2D eigenvalue weighted by Crippen LogP contribution is -2.22. The number of hydrogen-bond acceptors (Lipinski definition) is 6. The van der Waals surface area contributed by atoms with Gasteiger partial charge in [0, 0.05) is 20.7 Å². The number of carbonyl (C=O) groups is 1. The second-order valence-electron chi connectivity index (χ2n) is 4.44. The summed E-state index contributed by atoms with van der Waals surface area (Å²) in [5, 5.41) is 6.09. The monoisotopic (exact) mass is 254 g/mol. The zero-order valence-electron chi connectivity index (χ0n) is 10.7. The summed E-state index contributed by atoms with van der Waals surface area (Å²) in [6.07, 6.45) is 1.12. The van der Waals surface area contributed by atoms with Crippen molar-refractivity contribution in [3.63, 3.8) is 0 Å². The predicted molar refractivity (Wildman–Crippen MR) is 62.9 cm³/mol. The van der Waals surface area contributed by atoms with Crippen LogP contribution in [0.4, 0.5) is 0 Å². The Morgan fingerprint density at radius 2 is 2.50 bits per heavy atom. The van der Waals surface area contributed by atoms with Crippen LogP contribution in [-0.2, 0) is 11.3 Å². The Morgan fingerprint density at radius 3 is 3.22 bits per heavy atom. The van der Waals surface area contributed by atoms with Crippen molar-refractivity contribution in [2.24, 2.45) is 5.92 Å². The SMILES string of the molecule is CNC(=O)c1noc(CN2CCC(COC)C2)n1. The summed E-state index contributed by atoms with van der Waals surface area (Å²) < 4.78 is 10.2. The lowest BCUT2D eigenvalue weighted by molar-refractivity contribution is 0.0950. The summed E-state index contributed by atoms with van der Waals surface area (Å²) in [4.78, 5) is 17.6. The Labute approximate surface area is 105 Å². The molecule has 1 unspecified atom stereocenters. The lowest BCUT2D eigenvalue weighted by atomic mass is 10.1. The minimum atomic E-state index is -0.330. The van der Waals surface area contributed by atoms with E-state index in [0.29, 0.717) is 18.4 Å². The molecule has 1 atom stereocenters. The molecule has 7 heteroatoms. The molecule has 1 aliphatic heterocycles. The normalized spacial score (nSPS) is 20.2. The van der Waals surface area contributed by atoms with Crippen molar-refractivity contribution >= 4 is 5.91 Å². The minimum absolute atomic E-state index is 0.0835. The molecule has 2 heterocycles. The number of hydrogen-bond donors (Lipinski definition) is 1. The number of methoxy groups -OCH3 is 1. The molecule has 0 spiro atoms. The average Bonchev–Trinajstić information content (AvgIpc) is 2.99. The second kappa shape index (κ2) is 5.92. The molecule has 0 aliphatic carbocycles. The Bertz CT molecular complexity index is 407. The highest BCUT2D eigenvalue weighted by Gasteiger charge is 2.24. The summed E-state index contributed by atoms with van der Waals surface area (Å²) in [6, 6.07) is 0. The molecule has 7 nitrogen and oxygen atoms in total. The van der Waals surface area contributed by atoms with Gasteiger partial charge in [0.2, 0.25) is 5.89 Å². The third kappa shape index (κ3) is 3.05. The van der Waals surface area contributed by atoms with E-state index in [0.717, 1.165) is 26.1 Å².